The van der Waals surface area contributed by atoms with Crippen LogP contribution in [0, 0.1) is 0 Å². The number of nitrogens with two attached hydrogens (primary N) is 2. The minimum atomic E-state index is -0.195. The third kappa shape index (κ3) is 10.7. The van der Waals surface area contributed by atoms with E-state index in [9.17, 15) is 9.59 Å². The molecule has 5 aromatic carbocycles. The maximum atomic E-state index is 13.2. The highest BCUT2D eigenvalue weighted by atomic mass is 35.5. The highest BCUT2D eigenvalue weighted by Gasteiger charge is 2.24. The van der Waals surface area contributed by atoms with Crippen molar-refractivity contribution >= 4 is 73.8 Å². The van der Waals surface area contributed by atoms with Crippen LogP contribution in [0.3, 0.4) is 0 Å². The van der Waals surface area contributed by atoms with Crippen LogP contribution in [-0.4, -0.2) is 88.0 Å². The van der Waals surface area contributed by atoms with Gasteiger partial charge in [0.25, 0.3) is 11.8 Å². The van der Waals surface area contributed by atoms with Gasteiger partial charge >= 0.3 is 0 Å². The number of likely N-dealkylation sites (N-methyl/N-ethyl adjacent to an activating group) is 1. The van der Waals surface area contributed by atoms with Gasteiger partial charge in [-0.1, -0.05) is 36.4 Å². The molecule has 0 saturated heterocycles. The van der Waals surface area contributed by atoms with Crippen molar-refractivity contribution < 1.29 is 23.4 Å². The van der Waals surface area contributed by atoms with Gasteiger partial charge in [0, 0.05) is 70.1 Å². The third-order valence-corrected chi connectivity index (χ3v) is 10.4. The molecular formula is C45H51Cl2N7O3+2. The van der Waals surface area contributed by atoms with Crippen LogP contribution in [0.1, 0.15) is 15.9 Å². The molecule has 6 aromatic rings. The Morgan fingerprint density at radius 2 is 1.37 bits per heavy atom. The number of nitrogens with zero attached hydrogens (tertiary/aromatic N) is 3. The average Bonchev–Trinajstić information content (AvgIpc) is 3.20. The number of halogens is 2. The summed E-state index contributed by atoms with van der Waals surface area (Å²) in [5.41, 5.74) is 19.8. The number of amides is 2. The van der Waals surface area contributed by atoms with E-state index in [1.165, 1.54) is 0 Å². The average molecular weight is 809 g/mol. The van der Waals surface area contributed by atoms with Crippen LogP contribution < -0.4 is 36.3 Å². The first-order valence-electron chi connectivity index (χ1n) is 19.1. The second-order valence-corrected chi connectivity index (χ2v) is 15.5. The lowest BCUT2D eigenvalue weighted by molar-refractivity contribution is -0.887. The van der Waals surface area contributed by atoms with Crippen LogP contribution in [0.4, 0.5) is 17.1 Å². The lowest BCUT2D eigenvalue weighted by atomic mass is 9.97. The maximum absolute atomic E-state index is 13.2. The van der Waals surface area contributed by atoms with Crippen LogP contribution >= 0.6 is 23.2 Å². The number of aromatic nitrogens is 1. The monoisotopic (exact) mass is 807 g/mol. The number of carbonyl (C=O) groups excluding carboxylic acids is 2. The molecule has 1 aromatic heterocycles. The Morgan fingerprint density at radius 1 is 0.737 bits per heavy atom. The highest BCUT2D eigenvalue weighted by Crippen LogP contribution is 2.33. The van der Waals surface area contributed by atoms with Crippen molar-refractivity contribution in [1.82, 2.24) is 10.6 Å². The molecule has 0 radical (unpaired) electrons. The van der Waals surface area contributed by atoms with E-state index in [2.05, 4.69) is 58.5 Å². The largest absolute Gasteiger partial charge is 0.484 e. The lowest BCUT2D eigenvalue weighted by Crippen LogP contribution is -2.49. The number of ether oxygens (including phenoxy) is 1. The number of benzene rings is 5. The molecule has 0 bridgehead atoms. The van der Waals surface area contributed by atoms with Gasteiger partial charge in [0.1, 0.15) is 5.75 Å². The fraction of sp³-hybridized carbons (Fsp3) is 0.267. The van der Waals surface area contributed by atoms with E-state index in [1.54, 1.807) is 0 Å². The van der Waals surface area contributed by atoms with Gasteiger partial charge in [-0.2, -0.15) is 4.57 Å². The van der Waals surface area contributed by atoms with Crippen molar-refractivity contribution in [3.8, 4) is 17.0 Å². The number of anilines is 3. The molecule has 57 heavy (non-hydrogen) atoms. The Labute approximate surface area is 344 Å². The molecule has 12 heteroatoms. The molecule has 0 aliphatic carbocycles. The molecule has 0 fully saturated rings. The molecule has 0 unspecified atom stereocenters. The van der Waals surface area contributed by atoms with Gasteiger partial charge in [-0.05, 0) is 72.8 Å². The molecule has 10 nitrogen and oxygen atoms in total. The second kappa shape index (κ2) is 19.1. The Hall–Kier alpha value is -5.55. The zero-order valence-electron chi connectivity index (χ0n) is 32.5. The first-order valence-corrected chi connectivity index (χ1v) is 20.2. The molecule has 0 aliphatic heterocycles. The fourth-order valence-electron chi connectivity index (χ4n) is 6.99. The van der Waals surface area contributed by atoms with Gasteiger partial charge in [0.15, 0.2) is 13.2 Å². The van der Waals surface area contributed by atoms with Gasteiger partial charge in [-0.25, -0.2) is 0 Å². The zero-order valence-corrected chi connectivity index (χ0v) is 34.0. The van der Waals surface area contributed by atoms with E-state index >= 15 is 0 Å². The number of hydrogen-bond donors (Lipinski definition) is 4. The SMILES string of the molecule is C[N+](C)(CCNC(=O)COc1ccc(N(CCCl)CCCl)cc1)CCNC(=O)c1ccc(C[n+]2c(-c3ccccc3)c3cc(N)ccc3c3ccc(N)cc32)cc1. The maximum Gasteiger partial charge on any atom is 0.258 e. The quantitative estimate of drug-likeness (QED) is 0.0260. The van der Waals surface area contributed by atoms with Gasteiger partial charge in [0.05, 0.1) is 51.0 Å². The Kier molecular flexibility index (Phi) is 13.7. The number of hydrogen-bond acceptors (Lipinski definition) is 6. The minimum Gasteiger partial charge on any atom is -0.484 e. The number of carbonyl (C=O) groups is 2. The minimum absolute atomic E-state index is 0.0792. The molecule has 0 saturated carbocycles. The normalized spacial score (nSPS) is 11.4. The molecule has 1 heterocycles. The third-order valence-electron chi connectivity index (χ3n) is 10.1. The summed E-state index contributed by atoms with van der Waals surface area (Å²) in [4.78, 5) is 27.8. The van der Waals surface area contributed by atoms with E-state index in [-0.39, 0.29) is 18.4 Å². The van der Waals surface area contributed by atoms with Crippen molar-refractivity contribution in [3.05, 3.63) is 126 Å². The number of fused-ring (bicyclic) bond motifs is 3. The van der Waals surface area contributed by atoms with Crippen LogP contribution in [-0.2, 0) is 11.3 Å². The van der Waals surface area contributed by atoms with Gasteiger partial charge in [-0.3, -0.25) is 9.59 Å². The summed E-state index contributed by atoms with van der Waals surface area (Å²) in [7, 11) is 4.14. The number of quaternary nitrogens is 1. The molecule has 2 amide bonds. The van der Waals surface area contributed by atoms with E-state index in [0.29, 0.717) is 84.7 Å². The van der Waals surface area contributed by atoms with E-state index < -0.39 is 0 Å². The molecule has 6 rings (SSSR count). The van der Waals surface area contributed by atoms with Crippen LogP contribution in [0.5, 0.6) is 5.75 Å². The molecule has 296 valence electrons. The van der Waals surface area contributed by atoms with Crippen LogP contribution in [0.25, 0.3) is 32.9 Å². The fourth-order valence-corrected chi connectivity index (χ4v) is 7.39. The van der Waals surface area contributed by atoms with Crippen LogP contribution in [0.2, 0.25) is 0 Å². The van der Waals surface area contributed by atoms with E-state index in [0.717, 1.165) is 44.2 Å². The van der Waals surface area contributed by atoms with Crippen molar-refractivity contribution in [2.45, 2.75) is 6.54 Å². The van der Waals surface area contributed by atoms with Crippen molar-refractivity contribution in [1.29, 1.82) is 0 Å². The summed E-state index contributed by atoms with van der Waals surface area (Å²) < 4.78 is 8.59. The lowest BCUT2D eigenvalue weighted by Gasteiger charge is -2.30. The van der Waals surface area contributed by atoms with Crippen molar-refractivity contribution in [3.63, 3.8) is 0 Å². The number of alkyl halides is 2. The van der Waals surface area contributed by atoms with E-state index in [1.807, 2.05) is 91.0 Å². The number of nitrogens with one attached hydrogen (secondary N) is 2. The highest BCUT2D eigenvalue weighted by molar-refractivity contribution is 6.18. The van der Waals surface area contributed by atoms with Crippen molar-refractivity contribution in [2.24, 2.45) is 0 Å². The van der Waals surface area contributed by atoms with Crippen molar-refractivity contribution in [2.75, 3.05) is 88.1 Å². The predicted molar refractivity (Wildman–Crippen MR) is 234 cm³/mol. The smallest absolute Gasteiger partial charge is 0.258 e. The standard InChI is InChI=1S/C45H49Cl2N7O3/c1-54(2,26-22-50-43(55)31-57-38-16-14-37(15-17-38)52(24-20-46)25-21-47)27-23-51-45(56)34-10-8-32(9-11-34)30-53-42-29-36(49)13-19-40(42)39-18-12-35(48)28-41(39)44(53)33-6-4-3-5-7-33/h3-19,28-29,49H,20-27,30-31,48H2,1-2H3,(H-,50,51,55,56)/p+2. The first-order chi connectivity index (χ1) is 27.5. The summed E-state index contributed by atoms with van der Waals surface area (Å²) >= 11 is 11.8. The first kappa shape index (κ1) is 41.1. The van der Waals surface area contributed by atoms with E-state index in [4.69, 9.17) is 39.4 Å². The number of pyridine rings is 1. The van der Waals surface area contributed by atoms with Crippen LogP contribution in [0.15, 0.2) is 115 Å². The summed E-state index contributed by atoms with van der Waals surface area (Å²) in [6, 6.07) is 37.6. The molecular weight excluding hydrogens is 757 g/mol. The summed E-state index contributed by atoms with van der Waals surface area (Å²) in [5.74, 6) is 1.29. The van der Waals surface area contributed by atoms with Gasteiger partial charge < -0.3 is 36.2 Å². The Bertz CT molecular complexity index is 2300. The number of rotatable bonds is 18. The van der Waals surface area contributed by atoms with Gasteiger partial charge in [-0.15, -0.1) is 23.2 Å². The Balaban J connectivity index is 1.02. The van der Waals surface area contributed by atoms with Gasteiger partial charge in [0.2, 0.25) is 11.2 Å². The molecule has 0 spiro atoms. The zero-order chi connectivity index (χ0) is 40.4. The molecule has 0 atom stereocenters. The molecule has 6 N–H and O–H groups in total. The Morgan fingerprint density at radius 3 is 2.04 bits per heavy atom. The predicted octanol–water partition coefficient (Wildman–Crippen LogP) is 6.45. The summed E-state index contributed by atoms with van der Waals surface area (Å²) in [6.07, 6.45) is 0. The summed E-state index contributed by atoms with van der Waals surface area (Å²) in [6.45, 7) is 4.21. The summed E-state index contributed by atoms with van der Waals surface area (Å²) in [5, 5.41) is 9.24. The molecule has 0 aliphatic rings. The number of nitrogen functional groups attached to an aromatic ring is 2. The topological polar surface area (TPSA) is 127 Å². The second-order valence-electron chi connectivity index (χ2n) is 14.7.